The molecule has 1 aromatic carbocycles. The van der Waals surface area contributed by atoms with Crippen LogP contribution in [-0.2, 0) is 14.3 Å². The van der Waals surface area contributed by atoms with E-state index in [1.165, 1.54) is 0 Å². The van der Waals surface area contributed by atoms with Gasteiger partial charge in [0, 0.05) is 17.3 Å². The van der Waals surface area contributed by atoms with E-state index in [1.54, 1.807) is 17.5 Å². The summed E-state index contributed by atoms with van der Waals surface area (Å²) >= 11 is 0. The van der Waals surface area contributed by atoms with Crippen LogP contribution in [0.3, 0.4) is 0 Å². The number of pyridine rings is 1. The van der Waals surface area contributed by atoms with E-state index in [9.17, 15) is 14.4 Å². The van der Waals surface area contributed by atoms with Crippen molar-refractivity contribution in [3.05, 3.63) is 66.0 Å². The fourth-order valence-electron chi connectivity index (χ4n) is 2.93. The molecule has 0 unspecified atom stereocenters. The predicted octanol–water partition coefficient (Wildman–Crippen LogP) is 3.62. The molecule has 0 atom stereocenters. The van der Waals surface area contributed by atoms with Gasteiger partial charge in [-0.2, -0.15) is 0 Å². The Balaban J connectivity index is 2.07. The standard InChI is InChI=1S/C21H19NO4/c1-3-26-21(25)19(24)13-18(23)20-17(15-7-5-4-6-8-15)12-16-11-14(2)9-10-22(16)20/h4-12H,3,13H2,1-2H3. The van der Waals surface area contributed by atoms with Crippen molar-refractivity contribution in [2.24, 2.45) is 0 Å². The second-order valence-corrected chi connectivity index (χ2v) is 6.02. The van der Waals surface area contributed by atoms with Crippen molar-refractivity contribution in [1.82, 2.24) is 4.40 Å². The van der Waals surface area contributed by atoms with E-state index >= 15 is 0 Å². The van der Waals surface area contributed by atoms with Crippen LogP contribution in [0, 0.1) is 6.92 Å². The van der Waals surface area contributed by atoms with E-state index < -0.39 is 24.0 Å². The number of carbonyl (C=O) groups is 3. The van der Waals surface area contributed by atoms with Crippen molar-refractivity contribution in [1.29, 1.82) is 0 Å². The molecule has 5 nitrogen and oxygen atoms in total. The van der Waals surface area contributed by atoms with Gasteiger partial charge in [0.05, 0.1) is 18.7 Å². The first-order valence-corrected chi connectivity index (χ1v) is 8.41. The van der Waals surface area contributed by atoms with Crippen LogP contribution in [0.15, 0.2) is 54.7 Å². The summed E-state index contributed by atoms with van der Waals surface area (Å²) in [7, 11) is 0. The van der Waals surface area contributed by atoms with Crippen LogP contribution in [0.25, 0.3) is 16.6 Å². The van der Waals surface area contributed by atoms with Gasteiger partial charge >= 0.3 is 5.97 Å². The third-order valence-electron chi connectivity index (χ3n) is 4.10. The molecule has 2 heterocycles. The van der Waals surface area contributed by atoms with E-state index in [1.807, 2.05) is 55.5 Å². The van der Waals surface area contributed by atoms with Crippen molar-refractivity contribution in [2.45, 2.75) is 20.3 Å². The minimum atomic E-state index is -0.973. The zero-order chi connectivity index (χ0) is 18.7. The van der Waals surface area contributed by atoms with Gasteiger partial charge in [-0.3, -0.25) is 9.59 Å². The molecule has 0 aliphatic carbocycles. The maximum atomic E-state index is 12.9. The first kappa shape index (κ1) is 17.6. The molecule has 0 radical (unpaired) electrons. The number of hydrogen-bond donors (Lipinski definition) is 0. The summed E-state index contributed by atoms with van der Waals surface area (Å²) in [5.74, 6) is -2.22. The second-order valence-electron chi connectivity index (χ2n) is 6.02. The third kappa shape index (κ3) is 3.42. The summed E-state index contributed by atoms with van der Waals surface area (Å²) in [6.07, 6.45) is 1.29. The highest BCUT2D eigenvalue weighted by atomic mass is 16.5. The minimum Gasteiger partial charge on any atom is -0.460 e. The lowest BCUT2D eigenvalue weighted by atomic mass is 10.0. The maximum Gasteiger partial charge on any atom is 0.375 e. The highest BCUT2D eigenvalue weighted by Crippen LogP contribution is 2.29. The molecule has 0 saturated carbocycles. The normalized spacial score (nSPS) is 10.7. The Bertz CT molecular complexity index is 986. The molecule has 0 spiro atoms. The van der Waals surface area contributed by atoms with Gasteiger partial charge < -0.3 is 9.14 Å². The van der Waals surface area contributed by atoms with Gasteiger partial charge in [0.25, 0.3) is 0 Å². The fraction of sp³-hybridized carbons (Fsp3) is 0.190. The van der Waals surface area contributed by atoms with Crippen LogP contribution in [0.1, 0.15) is 29.4 Å². The Kier molecular flexibility index (Phi) is 4.98. The molecule has 3 aromatic rings. The number of rotatable bonds is 6. The Morgan fingerprint density at radius 2 is 1.77 bits per heavy atom. The van der Waals surface area contributed by atoms with E-state index in [4.69, 9.17) is 4.74 Å². The van der Waals surface area contributed by atoms with Gasteiger partial charge in [0.2, 0.25) is 5.78 Å². The summed E-state index contributed by atoms with van der Waals surface area (Å²) in [4.78, 5) is 36.4. The number of ether oxygens (including phenoxy) is 1. The molecule has 132 valence electrons. The molecule has 3 rings (SSSR count). The summed E-state index contributed by atoms with van der Waals surface area (Å²) in [5.41, 5.74) is 3.93. The molecular weight excluding hydrogens is 330 g/mol. The average Bonchev–Trinajstić information content (AvgIpc) is 3.01. The molecule has 0 amide bonds. The highest BCUT2D eigenvalue weighted by molar-refractivity contribution is 6.38. The second kappa shape index (κ2) is 7.35. The SMILES string of the molecule is CCOC(=O)C(=O)CC(=O)c1c(-c2ccccc2)cc2cc(C)ccn12. The number of ketones is 2. The first-order chi connectivity index (χ1) is 12.5. The number of esters is 1. The number of carbonyl (C=O) groups excluding carboxylic acids is 3. The van der Waals surface area contributed by atoms with E-state index in [0.29, 0.717) is 5.69 Å². The van der Waals surface area contributed by atoms with Crippen LogP contribution in [-0.4, -0.2) is 28.5 Å². The summed E-state index contributed by atoms with van der Waals surface area (Å²) in [6.45, 7) is 3.69. The average molecular weight is 349 g/mol. The number of hydrogen-bond acceptors (Lipinski definition) is 4. The Labute approximate surface area is 151 Å². The van der Waals surface area contributed by atoms with Crippen LogP contribution < -0.4 is 0 Å². The largest absolute Gasteiger partial charge is 0.460 e. The summed E-state index contributed by atoms with van der Waals surface area (Å²) < 4.78 is 6.45. The van der Waals surface area contributed by atoms with Gasteiger partial charge in [-0.05, 0) is 43.2 Å². The maximum absolute atomic E-state index is 12.9. The Morgan fingerprint density at radius 1 is 1.04 bits per heavy atom. The van der Waals surface area contributed by atoms with Gasteiger partial charge in [0.15, 0.2) is 5.78 Å². The first-order valence-electron chi connectivity index (χ1n) is 8.41. The Morgan fingerprint density at radius 3 is 2.46 bits per heavy atom. The lowest BCUT2D eigenvalue weighted by molar-refractivity contribution is -0.153. The lowest BCUT2D eigenvalue weighted by Gasteiger charge is -2.06. The Hall–Kier alpha value is -3.21. The monoisotopic (exact) mass is 349 g/mol. The summed E-state index contributed by atoms with van der Waals surface area (Å²) in [5, 5.41) is 0. The van der Waals surface area contributed by atoms with Crippen LogP contribution >= 0.6 is 0 Å². The minimum absolute atomic E-state index is 0.0986. The number of aryl methyl sites for hydroxylation is 1. The molecule has 0 saturated heterocycles. The van der Waals surface area contributed by atoms with Crippen molar-refractivity contribution in [2.75, 3.05) is 6.61 Å². The molecule has 26 heavy (non-hydrogen) atoms. The van der Waals surface area contributed by atoms with Gasteiger partial charge in [-0.15, -0.1) is 0 Å². The van der Waals surface area contributed by atoms with Crippen molar-refractivity contribution in [3.63, 3.8) is 0 Å². The molecule has 0 fully saturated rings. The molecule has 2 aromatic heterocycles. The molecule has 0 bridgehead atoms. The van der Waals surface area contributed by atoms with Gasteiger partial charge in [-0.25, -0.2) is 4.79 Å². The fourth-order valence-corrected chi connectivity index (χ4v) is 2.93. The van der Waals surface area contributed by atoms with Gasteiger partial charge in [-0.1, -0.05) is 30.3 Å². The number of aromatic nitrogens is 1. The molecule has 0 aliphatic heterocycles. The highest BCUT2D eigenvalue weighted by Gasteiger charge is 2.25. The molecule has 0 aliphatic rings. The number of nitrogens with zero attached hydrogens (tertiary/aromatic N) is 1. The number of fused-ring (bicyclic) bond motifs is 1. The van der Waals surface area contributed by atoms with Crippen LogP contribution in [0.2, 0.25) is 0 Å². The van der Waals surface area contributed by atoms with Crippen molar-refractivity contribution < 1.29 is 19.1 Å². The quantitative estimate of drug-likeness (QED) is 0.295. The van der Waals surface area contributed by atoms with E-state index in [0.717, 1.165) is 22.2 Å². The van der Waals surface area contributed by atoms with E-state index in [-0.39, 0.29) is 6.61 Å². The number of Topliss-reactive ketones (excluding diaryl/α,β-unsaturated/α-hetero) is 2. The van der Waals surface area contributed by atoms with E-state index in [2.05, 4.69) is 0 Å². The summed E-state index contributed by atoms with van der Waals surface area (Å²) in [6, 6.07) is 15.3. The topological polar surface area (TPSA) is 64.9 Å². The van der Waals surface area contributed by atoms with Gasteiger partial charge in [0.1, 0.15) is 0 Å². The molecule has 5 heteroatoms. The third-order valence-corrected chi connectivity index (χ3v) is 4.10. The van der Waals surface area contributed by atoms with Crippen LogP contribution in [0.5, 0.6) is 0 Å². The zero-order valence-corrected chi connectivity index (χ0v) is 14.7. The smallest absolute Gasteiger partial charge is 0.375 e. The predicted molar refractivity (Wildman–Crippen MR) is 98.2 cm³/mol. The zero-order valence-electron chi connectivity index (χ0n) is 14.7. The molecular formula is C21H19NO4. The van der Waals surface area contributed by atoms with Crippen molar-refractivity contribution >= 4 is 23.1 Å². The van der Waals surface area contributed by atoms with Crippen molar-refractivity contribution in [3.8, 4) is 11.1 Å². The number of benzene rings is 1. The molecule has 0 N–H and O–H groups in total. The lowest BCUT2D eigenvalue weighted by Crippen LogP contribution is -2.21. The van der Waals surface area contributed by atoms with Crippen LogP contribution in [0.4, 0.5) is 0 Å².